The minimum Gasteiger partial charge on any atom is -0.481 e. The molecule has 5 heteroatoms. The topological polar surface area (TPSA) is 66.8 Å². The van der Waals surface area contributed by atoms with Gasteiger partial charge in [0, 0.05) is 19.7 Å². The summed E-state index contributed by atoms with van der Waals surface area (Å²) in [4.78, 5) is 26.3. The summed E-state index contributed by atoms with van der Waals surface area (Å²) in [7, 11) is 0. The molecular weight excluding hydrogens is 294 g/mol. The number of rotatable bonds is 3. The quantitative estimate of drug-likeness (QED) is 0.926. The first kappa shape index (κ1) is 16.0. The summed E-state index contributed by atoms with van der Waals surface area (Å²) in [5.41, 5.74) is -0.0400. The first-order valence-corrected chi connectivity index (χ1v) is 8.29. The number of amides is 1. The summed E-state index contributed by atoms with van der Waals surface area (Å²) >= 11 is 0. The van der Waals surface area contributed by atoms with E-state index in [0.29, 0.717) is 32.5 Å². The van der Waals surface area contributed by atoms with Crippen LogP contribution in [0.3, 0.4) is 0 Å². The van der Waals surface area contributed by atoms with Gasteiger partial charge in [-0.3, -0.25) is 9.59 Å². The number of hydrogen-bond donors (Lipinski definition) is 1. The predicted octanol–water partition coefficient (Wildman–Crippen LogP) is 2.06. The lowest BCUT2D eigenvalue weighted by molar-refractivity contribution is -0.150. The molecule has 0 bridgehead atoms. The molecule has 0 saturated carbocycles. The molecule has 1 aromatic rings. The molecule has 0 radical (unpaired) electrons. The normalized spacial score (nSPS) is 24.2. The number of aliphatic carboxylic acids is 1. The maximum Gasteiger partial charge on any atom is 0.314 e. The molecular formula is C18H23NO4. The Kier molecular flexibility index (Phi) is 4.66. The van der Waals surface area contributed by atoms with Crippen LogP contribution in [0.4, 0.5) is 0 Å². The van der Waals surface area contributed by atoms with Gasteiger partial charge in [-0.15, -0.1) is 0 Å². The molecule has 2 aliphatic rings. The zero-order valence-electron chi connectivity index (χ0n) is 13.2. The lowest BCUT2D eigenvalue weighted by Crippen LogP contribution is -2.51. The number of carbonyl (C=O) groups excluding carboxylic acids is 1. The number of ether oxygens (including phenoxy) is 1. The van der Waals surface area contributed by atoms with Crippen molar-refractivity contribution in [3.8, 4) is 0 Å². The second-order valence-corrected chi connectivity index (χ2v) is 6.49. The Balaban J connectivity index is 1.70. The van der Waals surface area contributed by atoms with Crippen molar-refractivity contribution in [3.63, 3.8) is 0 Å². The fourth-order valence-corrected chi connectivity index (χ4v) is 3.69. The number of carboxylic acid groups (broad SMARTS) is 1. The van der Waals surface area contributed by atoms with Crippen LogP contribution in [0.1, 0.15) is 31.2 Å². The van der Waals surface area contributed by atoms with Crippen LogP contribution < -0.4 is 0 Å². The van der Waals surface area contributed by atoms with Crippen LogP contribution in [0.15, 0.2) is 30.3 Å². The Morgan fingerprint density at radius 2 is 1.87 bits per heavy atom. The molecule has 2 heterocycles. The van der Waals surface area contributed by atoms with Gasteiger partial charge in [0.2, 0.25) is 5.91 Å². The molecule has 1 aromatic carbocycles. The smallest absolute Gasteiger partial charge is 0.314 e. The average molecular weight is 317 g/mol. The molecule has 2 saturated heterocycles. The van der Waals surface area contributed by atoms with Gasteiger partial charge in [0.25, 0.3) is 0 Å². The van der Waals surface area contributed by atoms with E-state index in [4.69, 9.17) is 4.74 Å². The van der Waals surface area contributed by atoms with E-state index < -0.39 is 11.4 Å². The van der Waals surface area contributed by atoms with E-state index in [1.54, 1.807) is 0 Å². The highest BCUT2D eigenvalue weighted by Gasteiger charge is 2.44. The number of nitrogens with zero attached hydrogens (tertiary/aromatic N) is 1. The van der Waals surface area contributed by atoms with E-state index in [-0.39, 0.29) is 11.8 Å². The van der Waals surface area contributed by atoms with E-state index in [1.807, 2.05) is 35.2 Å². The summed E-state index contributed by atoms with van der Waals surface area (Å²) in [6, 6.07) is 9.38. The number of carboxylic acids is 1. The third-order valence-corrected chi connectivity index (χ3v) is 5.17. The molecule has 2 fully saturated rings. The summed E-state index contributed by atoms with van der Waals surface area (Å²) < 4.78 is 5.40. The predicted molar refractivity (Wildman–Crippen MR) is 85.1 cm³/mol. The summed E-state index contributed by atoms with van der Waals surface area (Å²) in [5.74, 6) is -0.730. The van der Waals surface area contributed by atoms with Crippen LogP contribution in [-0.2, 0) is 19.7 Å². The van der Waals surface area contributed by atoms with Crippen LogP contribution in [0, 0.1) is 5.92 Å². The standard InChI is InChI=1S/C18H23NO4/c20-16(14-5-4-12-23-13-14)19-10-8-18(9-11-19,17(21)22)15-6-2-1-3-7-15/h1-3,6-7,14H,4-5,8-13H2,(H,21,22). The number of benzene rings is 1. The number of piperidine rings is 1. The highest BCUT2D eigenvalue weighted by atomic mass is 16.5. The first-order chi connectivity index (χ1) is 11.1. The van der Waals surface area contributed by atoms with E-state index in [0.717, 1.165) is 25.0 Å². The molecule has 0 spiro atoms. The van der Waals surface area contributed by atoms with Crippen molar-refractivity contribution in [3.05, 3.63) is 35.9 Å². The summed E-state index contributed by atoms with van der Waals surface area (Å²) in [6.45, 7) is 2.23. The molecule has 1 unspecified atom stereocenters. The fourth-order valence-electron chi connectivity index (χ4n) is 3.69. The molecule has 0 aliphatic carbocycles. The molecule has 3 rings (SSSR count). The van der Waals surface area contributed by atoms with Gasteiger partial charge < -0.3 is 14.7 Å². The van der Waals surface area contributed by atoms with Crippen molar-refractivity contribution in [1.29, 1.82) is 0 Å². The number of hydrogen-bond acceptors (Lipinski definition) is 3. The Labute approximate surface area is 136 Å². The third-order valence-electron chi connectivity index (χ3n) is 5.17. The largest absolute Gasteiger partial charge is 0.481 e. The minimum absolute atomic E-state index is 0.0576. The van der Waals surface area contributed by atoms with Crippen molar-refractivity contribution < 1.29 is 19.4 Å². The van der Waals surface area contributed by atoms with Gasteiger partial charge in [-0.25, -0.2) is 0 Å². The van der Waals surface area contributed by atoms with Crippen LogP contribution >= 0.6 is 0 Å². The second-order valence-electron chi connectivity index (χ2n) is 6.49. The van der Waals surface area contributed by atoms with E-state index in [9.17, 15) is 14.7 Å². The van der Waals surface area contributed by atoms with Gasteiger partial charge in [-0.1, -0.05) is 30.3 Å². The van der Waals surface area contributed by atoms with E-state index in [1.165, 1.54) is 0 Å². The Hall–Kier alpha value is -1.88. The molecule has 0 aromatic heterocycles. The SMILES string of the molecule is O=C(C1CCCOC1)N1CCC(C(=O)O)(c2ccccc2)CC1. The average Bonchev–Trinajstić information content (AvgIpc) is 2.62. The summed E-state index contributed by atoms with van der Waals surface area (Å²) in [6.07, 6.45) is 2.72. The van der Waals surface area contributed by atoms with Crippen molar-refractivity contribution >= 4 is 11.9 Å². The van der Waals surface area contributed by atoms with Gasteiger partial charge in [0.15, 0.2) is 0 Å². The highest BCUT2D eigenvalue weighted by molar-refractivity contribution is 5.83. The van der Waals surface area contributed by atoms with Gasteiger partial charge in [-0.05, 0) is 31.2 Å². The molecule has 1 amide bonds. The van der Waals surface area contributed by atoms with Crippen LogP contribution in [-0.4, -0.2) is 48.2 Å². The number of carbonyl (C=O) groups is 2. The molecule has 124 valence electrons. The maximum absolute atomic E-state index is 12.6. The maximum atomic E-state index is 12.6. The molecule has 23 heavy (non-hydrogen) atoms. The zero-order valence-corrected chi connectivity index (χ0v) is 13.2. The van der Waals surface area contributed by atoms with Crippen molar-refractivity contribution in [2.75, 3.05) is 26.3 Å². The highest BCUT2D eigenvalue weighted by Crippen LogP contribution is 2.36. The van der Waals surface area contributed by atoms with Gasteiger partial charge >= 0.3 is 5.97 Å². The Bertz CT molecular complexity index is 558. The van der Waals surface area contributed by atoms with Crippen molar-refractivity contribution in [2.24, 2.45) is 5.92 Å². The first-order valence-electron chi connectivity index (χ1n) is 8.29. The van der Waals surface area contributed by atoms with Crippen LogP contribution in [0.2, 0.25) is 0 Å². The second kappa shape index (κ2) is 6.71. The van der Waals surface area contributed by atoms with Gasteiger partial charge in [0.1, 0.15) is 0 Å². The monoisotopic (exact) mass is 317 g/mol. The lowest BCUT2D eigenvalue weighted by Gasteiger charge is -2.40. The van der Waals surface area contributed by atoms with Crippen molar-refractivity contribution in [1.82, 2.24) is 4.90 Å². The van der Waals surface area contributed by atoms with E-state index >= 15 is 0 Å². The third kappa shape index (κ3) is 3.11. The summed E-state index contributed by atoms with van der Waals surface area (Å²) in [5, 5.41) is 9.79. The Morgan fingerprint density at radius 3 is 2.43 bits per heavy atom. The lowest BCUT2D eigenvalue weighted by atomic mass is 9.72. The fraction of sp³-hybridized carbons (Fsp3) is 0.556. The minimum atomic E-state index is -0.874. The van der Waals surface area contributed by atoms with Crippen molar-refractivity contribution in [2.45, 2.75) is 31.1 Å². The molecule has 2 aliphatic heterocycles. The van der Waals surface area contributed by atoms with Crippen LogP contribution in [0.5, 0.6) is 0 Å². The van der Waals surface area contributed by atoms with Gasteiger partial charge in [-0.2, -0.15) is 0 Å². The Morgan fingerprint density at radius 1 is 1.17 bits per heavy atom. The number of likely N-dealkylation sites (tertiary alicyclic amines) is 1. The molecule has 1 atom stereocenters. The van der Waals surface area contributed by atoms with Gasteiger partial charge in [0.05, 0.1) is 17.9 Å². The van der Waals surface area contributed by atoms with Crippen LogP contribution in [0.25, 0.3) is 0 Å². The molecule has 1 N–H and O–H groups in total. The zero-order chi connectivity index (χ0) is 16.3. The van der Waals surface area contributed by atoms with E-state index in [2.05, 4.69) is 0 Å². The molecule has 5 nitrogen and oxygen atoms in total.